The normalized spacial score (nSPS) is 10.2. The molecule has 1 rings (SSSR count). The van der Waals surface area contributed by atoms with Crippen LogP contribution in [0.4, 0.5) is 0 Å². The van der Waals surface area contributed by atoms with E-state index in [0.29, 0.717) is 12.4 Å². The molecule has 0 bridgehead atoms. The third kappa shape index (κ3) is 1.52. The maximum atomic E-state index is 8.48. The summed E-state index contributed by atoms with van der Waals surface area (Å²) in [6.07, 6.45) is 0. The molecule has 10 heavy (non-hydrogen) atoms. The van der Waals surface area contributed by atoms with E-state index in [4.69, 9.17) is 9.84 Å². The minimum absolute atomic E-state index is 0.215. The molecule has 0 saturated heterocycles. The number of aliphatic hydroxyl groups excluding tert-OH is 1. The third-order valence-electron chi connectivity index (χ3n) is 0.919. The van der Waals surface area contributed by atoms with Crippen molar-refractivity contribution in [1.82, 2.24) is 10.1 Å². The van der Waals surface area contributed by atoms with Gasteiger partial charge in [0, 0.05) is 7.11 Å². The van der Waals surface area contributed by atoms with Gasteiger partial charge in [0.15, 0.2) is 5.82 Å². The van der Waals surface area contributed by atoms with Crippen LogP contribution in [0, 0.1) is 0 Å². The summed E-state index contributed by atoms with van der Waals surface area (Å²) in [5, 5.41) is 12.0. The van der Waals surface area contributed by atoms with Gasteiger partial charge in [0.1, 0.15) is 13.2 Å². The quantitative estimate of drug-likeness (QED) is 0.631. The van der Waals surface area contributed by atoms with Gasteiger partial charge in [0.2, 0.25) is 0 Å². The van der Waals surface area contributed by atoms with E-state index in [1.54, 1.807) is 0 Å². The number of rotatable bonds is 3. The first kappa shape index (κ1) is 7.17. The monoisotopic (exact) mass is 144 g/mol. The minimum Gasteiger partial charge on any atom is -0.387 e. The Bertz CT molecular complexity index is 199. The summed E-state index contributed by atoms with van der Waals surface area (Å²) in [6, 6.07) is 0. The predicted octanol–water partition coefficient (Wildman–Crippen LogP) is -0.292. The lowest BCUT2D eigenvalue weighted by atomic mass is 10.6. The SMILES string of the molecule is COCc1noc(CO)n1. The molecule has 0 fully saturated rings. The molecule has 0 aliphatic heterocycles. The van der Waals surface area contributed by atoms with Crippen LogP contribution in [0.15, 0.2) is 4.52 Å². The Morgan fingerprint density at radius 1 is 1.70 bits per heavy atom. The molecule has 0 aliphatic carbocycles. The fourth-order valence-corrected chi connectivity index (χ4v) is 0.542. The zero-order chi connectivity index (χ0) is 7.40. The fourth-order valence-electron chi connectivity index (χ4n) is 0.542. The molecular formula is C5H8N2O3. The Kier molecular flexibility index (Phi) is 2.35. The summed E-state index contributed by atoms with van der Waals surface area (Å²) in [6.45, 7) is 0.0835. The van der Waals surface area contributed by atoms with Gasteiger partial charge in [-0.25, -0.2) is 0 Å². The predicted molar refractivity (Wildman–Crippen MR) is 30.9 cm³/mol. The lowest BCUT2D eigenvalue weighted by Gasteiger charge is -1.85. The van der Waals surface area contributed by atoms with Gasteiger partial charge in [-0.2, -0.15) is 4.98 Å². The highest BCUT2D eigenvalue weighted by atomic mass is 16.5. The molecule has 0 saturated carbocycles. The van der Waals surface area contributed by atoms with Crippen molar-refractivity contribution in [2.75, 3.05) is 7.11 Å². The van der Waals surface area contributed by atoms with Crippen LogP contribution in [0.5, 0.6) is 0 Å². The molecule has 0 aromatic carbocycles. The number of hydrogen-bond acceptors (Lipinski definition) is 5. The van der Waals surface area contributed by atoms with Gasteiger partial charge in [-0.1, -0.05) is 5.16 Å². The summed E-state index contributed by atoms with van der Waals surface area (Å²) in [5.41, 5.74) is 0. The molecule has 56 valence electrons. The van der Waals surface area contributed by atoms with Crippen molar-refractivity contribution >= 4 is 0 Å². The van der Waals surface area contributed by atoms with Crippen LogP contribution in [0.2, 0.25) is 0 Å². The molecular weight excluding hydrogens is 136 g/mol. The number of nitrogens with zero attached hydrogens (tertiary/aromatic N) is 2. The van der Waals surface area contributed by atoms with Gasteiger partial charge in [0.05, 0.1) is 0 Å². The zero-order valence-electron chi connectivity index (χ0n) is 5.57. The maximum Gasteiger partial charge on any atom is 0.252 e. The van der Waals surface area contributed by atoms with Crippen LogP contribution in [0.3, 0.4) is 0 Å². The van der Waals surface area contributed by atoms with E-state index in [2.05, 4.69) is 14.7 Å². The molecule has 0 aliphatic rings. The molecule has 0 atom stereocenters. The highest BCUT2D eigenvalue weighted by Crippen LogP contribution is 1.96. The standard InChI is InChI=1S/C5H8N2O3/c1-9-3-4-6-5(2-8)10-7-4/h8H,2-3H2,1H3. The second-order valence-corrected chi connectivity index (χ2v) is 1.70. The summed E-state index contributed by atoms with van der Waals surface area (Å²) < 4.78 is 9.29. The number of aromatic nitrogens is 2. The van der Waals surface area contributed by atoms with Crippen molar-refractivity contribution in [3.8, 4) is 0 Å². The van der Waals surface area contributed by atoms with Crippen LogP contribution in [-0.2, 0) is 18.0 Å². The molecule has 0 amide bonds. The second-order valence-electron chi connectivity index (χ2n) is 1.70. The Morgan fingerprint density at radius 2 is 2.50 bits per heavy atom. The molecule has 1 N–H and O–H groups in total. The first-order chi connectivity index (χ1) is 4.86. The van der Waals surface area contributed by atoms with Crippen molar-refractivity contribution in [2.45, 2.75) is 13.2 Å². The van der Waals surface area contributed by atoms with Gasteiger partial charge in [0.25, 0.3) is 5.89 Å². The molecule has 0 unspecified atom stereocenters. The van der Waals surface area contributed by atoms with Crippen molar-refractivity contribution < 1.29 is 14.4 Å². The first-order valence-corrected chi connectivity index (χ1v) is 2.78. The number of hydrogen-bond donors (Lipinski definition) is 1. The molecule has 0 radical (unpaired) electrons. The molecule has 1 aromatic heterocycles. The van der Waals surface area contributed by atoms with Gasteiger partial charge < -0.3 is 14.4 Å². The highest BCUT2D eigenvalue weighted by Gasteiger charge is 2.02. The van der Waals surface area contributed by atoms with E-state index in [9.17, 15) is 0 Å². The summed E-state index contributed by atoms with van der Waals surface area (Å²) in [5.74, 6) is 0.665. The first-order valence-electron chi connectivity index (χ1n) is 2.78. The van der Waals surface area contributed by atoms with E-state index < -0.39 is 0 Å². The molecule has 5 heteroatoms. The summed E-state index contributed by atoms with van der Waals surface area (Å²) >= 11 is 0. The van der Waals surface area contributed by atoms with Gasteiger partial charge in [-0.05, 0) is 0 Å². The van der Waals surface area contributed by atoms with Crippen LogP contribution in [-0.4, -0.2) is 22.4 Å². The Balaban J connectivity index is 2.59. The van der Waals surface area contributed by atoms with Crippen LogP contribution in [0.1, 0.15) is 11.7 Å². The largest absolute Gasteiger partial charge is 0.387 e. The number of methoxy groups -OCH3 is 1. The maximum absolute atomic E-state index is 8.48. The second kappa shape index (κ2) is 3.28. The van der Waals surface area contributed by atoms with Gasteiger partial charge in [-0.15, -0.1) is 0 Å². The Morgan fingerprint density at radius 3 is 3.00 bits per heavy atom. The minimum atomic E-state index is -0.225. The molecule has 1 heterocycles. The van der Waals surface area contributed by atoms with Crippen LogP contribution < -0.4 is 0 Å². The highest BCUT2D eigenvalue weighted by molar-refractivity contribution is 4.81. The zero-order valence-corrected chi connectivity index (χ0v) is 5.57. The smallest absolute Gasteiger partial charge is 0.252 e. The topological polar surface area (TPSA) is 68.4 Å². The molecule has 1 aromatic rings. The average molecular weight is 144 g/mol. The third-order valence-corrected chi connectivity index (χ3v) is 0.919. The fraction of sp³-hybridized carbons (Fsp3) is 0.600. The van der Waals surface area contributed by atoms with Crippen molar-refractivity contribution in [1.29, 1.82) is 0 Å². The van der Waals surface area contributed by atoms with E-state index in [0.717, 1.165) is 0 Å². The van der Waals surface area contributed by atoms with Crippen molar-refractivity contribution in [3.05, 3.63) is 11.7 Å². The Hall–Kier alpha value is -0.940. The molecule has 0 spiro atoms. The van der Waals surface area contributed by atoms with Crippen molar-refractivity contribution in [3.63, 3.8) is 0 Å². The van der Waals surface area contributed by atoms with Crippen molar-refractivity contribution in [2.24, 2.45) is 0 Å². The Labute approximate surface area is 57.6 Å². The average Bonchev–Trinajstić information content (AvgIpc) is 2.37. The van der Waals surface area contributed by atoms with E-state index in [-0.39, 0.29) is 12.5 Å². The van der Waals surface area contributed by atoms with E-state index in [1.165, 1.54) is 7.11 Å². The lowest BCUT2D eigenvalue weighted by molar-refractivity contribution is 0.174. The summed E-state index contributed by atoms with van der Waals surface area (Å²) in [4.78, 5) is 3.77. The van der Waals surface area contributed by atoms with E-state index in [1.807, 2.05) is 0 Å². The van der Waals surface area contributed by atoms with Gasteiger partial charge in [-0.3, -0.25) is 0 Å². The molecule has 5 nitrogen and oxygen atoms in total. The number of aliphatic hydroxyl groups is 1. The lowest BCUT2D eigenvalue weighted by Crippen LogP contribution is -1.90. The van der Waals surface area contributed by atoms with Gasteiger partial charge >= 0.3 is 0 Å². The number of ether oxygens (including phenoxy) is 1. The summed E-state index contributed by atoms with van der Waals surface area (Å²) in [7, 11) is 1.54. The van der Waals surface area contributed by atoms with Crippen LogP contribution >= 0.6 is 0 Å². The van der Waals surface area contributed by atoms with E-state index >= 15 is 0 Å². The van der Waals surface area contributed by atoms with Crippen LogP contribution in [0.25, 0.3) is 0 Å².